The lowest BCUT2D eigenvalue weighted by Gasteiger charge is -2.32. The molecule has 0 aliphatic carbocycles. The molecule has 0 amide bonds. The Labute approximate surface area is 125 Å². The van der Waals surface area contributed by atoms with E-state index < -0.39 is 6.10 Å². The third-order valence-corrected chi connectivity index (χ3v) is 4.30. The summed E-state index contributed by atoms with van der Waals surface area (Å²) in [6.07, 6.45) is 1.43. The third kappa shape index (κ3) is 3.03. The van der Waals surface area contributed by atoms with Gasteiger partial charge < -0.3 is 19.9 Å². The Balaban J connectivity index is 2.27. The summed E-state index contributed by atoms with van der Waals surface area (Å²) in [5, 5.41) is 14.4. The smallest absolute Gasteiger partial charge is 0.179 e. The Kier molecular flexibility index (Phi) is 5.13. The molecule has 3 unspecified atom stereocenters. The summed E-state index contributed by atoms with van der Waals surface area (Å²) < 4.78 is 10.5. The van der Waals surface area contributed by atoms with Crippen LogP contribution < -0.4 is 14.8 Å². The first-order valence-corrected chi connectivity index (χ1v) is 7.28. The summed E-state index contributed by atoms with van der Waals surface area (Å²) in [5.74, 6) is 1.64. The number of nitrogens with one attached hydrogen (secondary N) is 1. The number of piperidine rings is 1. The lowest BCUT2D eigenvalue weighted by atomic mass is 9.88. The van der Waals surface area contributed by atoms with Crippen LogP contribution in [0.4, 0.5) is 0 Å². The lowest BCUT2D eigenvalue weighted by Crippen LogP contribution is -2.41. The minimum atomic E-state index is -0.648. The maximum absolute atomic E-state index is 10.6. The molecule has 112 valence electrons. The van der Waals surface area contributed by atoms with Crippen molar-refractivity contribution in [3.05, 3.63) is 22.7 Å². The molecule has 2 rings (SSSR count). The van der Waals surface area contributed by atoms with Crippen LogP contribution in [-0.4, -0.2) is 31.9 Å². The minimum Gasteiger partial charge on any atom is -0.493 e. The molecule has 1 aromatic carbocycles. The SMILES string of the molecule is COc1ccc(C(O)C2CC(C)CCN2)c(Cl)c1OC. The second-order valence-corrected chi connectivity index (χ2v) is 5.72. The van der Waals surface area contributed by atoms with Gasteiger partial charge in [0, 0.05) is 11.6 Å². The Morgan fingerprint density at radius 2 is 2.10 bits per heavy atom. The molecule has 1 saturated heterocycles. The largest absolute Gasteiger partial charge is 0.493 e. The van der Waals surface area contributed by atoms with Crippen LogP contribution >= 0.6 is 11.6 Å². The lowest BCUT2D eigenvalue weighted by molar-refractivity contribution is 0.101. The van der Waals surface area contributed by atoms with Crippen molar-refractivity contribution in [3.8, 4) is 11.5 Å². The van der Waals surface area contributed by atoms with Gasteiger partial charge in [-0.15, -0.1) is 0 Å². The van der Waals surface area contributed by atoms with Crippen molar-refractivity contribution in [2.75, 3.05) is 20.8 Å². The highest BCUT2D eigenvalue weighted by atomic mass is 35.5. The van der Waals surface area contributed by atoms with E-state index in [9.17, 15) is 5.11 Å². The minimum absolute atomic E-state index is 0.0225. The number of rotatable bonds is 4. The molecule has 0 spiro atoms. The number of aliphatic hydroxyl groups excluding tert-OH is 1. The van der Waals surface area contributed by atoms with Crippen LogP contribution in [0.25, 0.3) is 0 Å². The summed E-state index contributed by atoms with van der Waals surface area (Å²) in [7, 11) is 3.11. The van der Waals surface area contributed by atoms with Crippen LogP contribution in [0.15, 0.2) is 12.1 Å². The topological polar surface area (TPSA) is 50.7 Å². The molecule has 0 aromatic heterocycles. The fourth-order valence-electron chi connectivity index (χ4n) is 2.74. The predicted octanol–water partition coefficient (Wildman–Crippen LogP) is 2.78. The molecule has 5 heteroatoms. The molecule has 20 heavy (non-hydrogen) atoms. The van der Waals surface area contributed by atoms with E-state index in [0.717, 1.165) is 19.4 Å². The normalized spacial score (nSPS) is 24.2. The maximum atomic E-state index is 10.6. The highest BCUT2D eigenvalue weighted by Crippen LogP contribution is 2.41. The van der Waals surface area contributed by atoms with E-state index in [1.807, 2.05) is 0 Å². The van der Waals surface area contributed by atoms with E-state index in [4.69, 9.17) is 21.1 Å². The average molecular weight is 300 g/mol. The van der Waals surface area contributed by atoms with Crippen LogP contribution in [0.5, 0.6) is 11.5 Å². The van der Waals surface area contributed by atoms with Crippen molar-refractivity contribution >= 4 is 11.6 Å². The summed E-state index contributed by atoms with van der Waals surface area (Å²) >= 11 is 6.35. The second kappa shape index (κ2) is 6.66. The zero-order valence-corrected chi connectivity index (χ0v) is 12.9. The highest BCUT2D eigenvalue weighted by Gasteiger charge is 2.28. The quantitative estimate of drug-likeness (QED) is 0.897. The van der Waals surface area contributed by atoms with Crippen LogP contribution in [0.1, 0.15) is 31.4 Å². The van der Waals surface area contributed by atoms with E-state index >= 15 is 0 Å². The number of benzene rings is 1. The van der Waals surface area contributed by atoms with Crippen molar-refractivity contribution in [2.45, 2.75) is 31.9 Å². The molecule has 3 atom stereocenters. The van der Waals surface area contributed by atoms with Gasteiger partial charge in [0.25, 0.3) is 0 Å². The van der Waals surface area contributed by atoms with E-state index in [1.54, 1.807) is 26.4 Å². The van der Waals surface area contributed by atoms with Crippen molar-refractivity contribution in [1.82, 2.24) is 5.32 Å². The Morgan fingerprint density at radius 1 is 1.35 bits per heavy atom. The number of halogens is 1. The Morgan fingerprint density at radius 3 is 2.70 bits per heavy atom. The molecule has 4 nitrogen and oxygen atoms in total. The molecule has 1 fully saturated rings. The number of hydrogen-bond acceptors (Lipinski definition) is 4. The second-order valence-electron chi connectivity index (χ2n) is 5.34. The van der Waals surface area contributed by atoms with E-state index in [0.29, 0.717) is 28.0 Å². The van der Waals surface area contributed by atoms with Gasteiger partial charge in [-0.05, 0) is 31.4 Å². The summed E-state index contributed by atoms with van der Waals surface area (Å²) in [6, 6.07) is 3.60. The fraction of sp³-hybridized carbons (Fsp3) is 0.600. The van der Waals surface area contributed by atoms with Crippen molar-refractivity contribution in [1.29, 1.82) is 0 Å². The summed E-state index contributed by atoms with van der Waals surface area (Å²) in [4.78, 5) is 0. The summed E-state index contributed by atoms with van der Waals surface area (Å²) in [5.41, 5.74) is 0.677. The van der Waals surface area contributed by atoms with Gasteiger partial charge in [0.2, 0.25) is 0 Å². The molecular formula is C15H22ClNO3. The van der Waals surface area contributed by atoms with Gasteiger partial charge in [-0.25, -0.2) is 0 Å². The summed E-state index contributed by atoms with van der Waals surface area (Å²) in [6.45, 7) is 3.13. The first-order chi connectivity index (χ1) is 9.58. The molecule has 2 N–H and O–H groups in total. The van der Waals surface area contributed by atoms with Crippen LogP contribution in [0.2, 0.25) is 5.02 Å². The molecule has 0 saturated carbocycles. The molecule has 1 aromatic rings. The van der Waals surface area contributed by atoms with Gasteiger partial charge in [-0.1, -0.05) is 24.6 Å². The van der Waals surface area contributed by atoms with Crippen LogP contribution in [-0.2, 0) is 0 Å². The molecular weight excluding hydrogens is 278 g/mol. The maximum Gasteiger partial charge on any atom is 0.179 e. The number of aliphatic hydroxyl groups is 1. The number of methoxy groups -OCH3 is 2. The van der Waals surface area contributed by atoms with Gasteiger partial charge in [0.05, 0.1) is 25.3 Å². The molecule has 1 aliphatic rings. The van der Waals surface area contributed by atoms with Crippen molar-refractivity contribution in [3.63, 3.8) is 0 Å². The third-order valence-electron chi connectivity index (χ3n) is 3.91. The van der Waals surface area contributed by atoms with E-state index in [-0.39, 0.29) is 6.04 Å². The molecule has 0 bridgehead atoms. The van der Waals surface area contributed by atoms with E-state index in [1.165, 1.54) is 0 Å². The first-order valence-electron chi connectivity index (χ1n) is 6.90. The van der Waals surface area contributed by atoms with Gasteiger partial charge in [0.1, 0.15) is 0 Å². The first kappa shape index (κ1) is 15.4. The standard InChI is InChI=1S/C15H22ClNO3/c1-9-6-7-17-11(8-9)14(18)10-4-5-12(19-2)15(20-3)13(10)16/h4-5,9,11,14,17-18H,6-8H2,1-3H3. The monoisotopic (exact) mass is 299 g/mol. The molecule has 0 radical (unpaired) electrons. The van der Waals surface area contributed by atoms with Crippen LogP contribution in [0, 0.1) is 5.92 Å². The molecule has 1 heterocycles. The van der Waals surface area contributed by atoms with Crippen molar-refractivity contribution in [2.24, 2.45) is 5.92 Å². The van der Waals surface area contributed by atoms with Gasteiger partial charge in [-0.2, -0.15) is 0 Å². The number of ether oxygens (including phenoxy) is 2. The zero-order valence-electron chi connectivity index (χ0n) is 12.1. The van der Waals surface area contributed by atoms with Gasteiger partial charge >= 0.3 is 0 Å². The average Bonchev–Trinajstić information content (AvgIpc) is 2.46. The molecule has 1 aliphatic heterocycles. The Bertz CT molecular complexity index is 467. The Hall–Kier alpha value is -0.970. The van der Waals surface area contributed by atoms with Gasteiger partial charge in [0.15, 0.2) is 11.5 Å². The highest BCUT2D eigenvalue weighted by molar-refractivity contribution is 6.33. The zero-order chi connectivity index (χ0) is 14.7. The van der Waals surface area contributed by atoms with Crippen LogP contribution in [0.3, 0.4) is 0 Å². The predicted molar refractivity (Wildman–Crippen MR) is 79.7 cm³/mol. The van der Waals surface area contributed by atoms with E-state index in [2.05, 4.69) is 12.2 Å². The number of hydrogen-bond donors (Lipinski definition) is 2. The van der Waals surface area contributed by atoms with Gasteiger partial charge in [-0.3, -0.25) is 0 Å². The van der Waals surface area contributed by atoms with Crippen molar-refractivity contribution < 1.29 is 14.6 Å². The fourth-order valence-corrected chi connectivity index (χ4v) is 3.09.